The molecule has 0 heterocycles. The molecule has 0 aromatic heterocycles. The maximum atomic E-state index is 12.1. The minimum Gasteiger partial charge on any atom is -0.293 e. The van der Waals surface area contributed by atoms with E-state index in [0.29, 0.717) is 11.3 Å². The number of carbonyl (C=O) groups is 1. The van der Waals surface area contributed by atoms with Gasteiger partial charge in [-0.3, -0.25) is 4.79 Å². The highest BCUT2D eigenvalue weighted by molar-refractivity contribution is 5.95. The normalized spacial score (nSPS) is 50.4. The second-order valence-electron chi connectivity index (χ2n) is 8.88. The van der Waals surface area contributed by atoms with Gasteiger partial charge in [0.25, 0.3) is 0 Å². The first kappa shape index (κ1) is 14.5. The van der Waals surface area contributed by atoms with Crippen LogP contribution in [0.15, 0.2) is 11.6 Å². The Morgan fingerprint density at radius 3 is 2.77 bits per heavy atom. The predicted octanol–water partition coefficient (Wildman–Crippen LogP) is 4.66. The Morgan fingerprint density at radius 1 is 1.18 bits per heavy atom. The molecule has 0 aromatic rings. The lowest BCUT2D eigenvalue weighted by molar-refractivity contribution is -0.120. The molecule has 4 aliphatic rings. The Hall–Kier alpha value is -1.10. The van der Waals surface area contributed by atoms with Gasteiger partial charge in [0.15, 0.2) is 5.78 Å². The van der Waals surface area contributed by atoms with Crippen LogP contribution in [0.4, 0.5) is 0 Å². The number of fused-ring (bicyclic) bond motifs is 5. The number of nitrogens with zero attached hydrogens (tertiary/aromatic N) is 1. The molecule has 0 aromatic carbocycles. The second kappa shape index (κ2) is 4.70. The molecule has 0 bridgehead atoms. The van der Waals surface area contributed by atoms with Crippen LogP contribution < -0.4 is 0 Å². The van der Waals surface area contributed by atoms with E-state index in [4.69, 9.17) is 0 Å². The Bertz CT molecular complexity index is 585. The first-order valence-electron chi connectivity index (χ1n) is 9.12. The largest absolute Gasteiger partial charge is 0.293 e. The zero-order valence-electron chi connectivity index (χ0n) is 13.9. The van der Waals surface area contributed by atoms with Gasteiger partial charge in [0, 0.05) is 0 Å². The summed E-state index contributed by atoms with van der Waals surface area (Å²) < 4.78 is 0. The number of ketones is 1. The molecule has 2 heteroatoms. The van der Waals surface area contributed by atoms with Crippen molar-refractivity contribution in [1.29, 1.82) is 5.26 Å². The van der Waals surface area contributed by atoms with Gasteiger partial charge in [-0.05, 0) is 79.6 Å². The molecule has 4 aliphatic carbocycles. The highest BCUT2D eigenvalue weighted by atomic mass is 16.1. The van der Waals surface area contributed by atoms with Crippen molar-refractivity contribution in [3.8, 4) is 6.07 Å². The van der Waals surface area contributed by atoms with Crippen LogP contribution in [0.3, 0.4) is 0 Å². The standard InChI is InChI=1S/C20H27NO/c1-19-8-3-4-16(19)15-6-5-14-10-18(22)13(12-21)11-20(14,2)17(15)7-9-19/h10,13,15-17H,3-9,11H2,1-2H3/t13-,15?,16?,17?,19-,20-/m0/s1. The third kappa shape index (κ3) is 1.81. The van der Waals surface area contributed by atoms with Crippen LogP contribution in [-0.4, -0.2) is 5.78 Å². The van der Waals surface area contributed by atoms with Crippen LogP contribution in [0.1, 0.15) is 65.2 Å². The molecule has 0 radical (unpaired) electrons. The number of allylic oxidation sites excluding steroid dienone is 1. The summed E-state index contributed by atoms with van der Waals surface area (Å²) in [5, 5.41) is 9.35. The minimum atomic E-state index is -0.399. The van der Waals surface area contributed by atoms with E-state index in [9.17, 15) is 10.1 Å². The highest BCUT2D eigenvalue weighted by Gasteiger charge is 2.57. The van der Waals surface area contributed by atoms with Crippen molar-refractivity contribution in [1.82, 2.24) is 0 Å². The third-order valence-corrected chi connectivity index (χ3v) is 7.96. The highest BCUT2D eigenvalue weighted by Crippen LogP contribution is 2.65. The molecule has 0 amide bonds. The van der Waals surface area contributed by atoms with Crippen molar-refractivity contribution in [2.75, 3.05) is 0 Å². The summed E-state index contributed by atoms with van der Waals surface area (Å²) >= 11 is 0. The first-order valence-corrected chi connectivity index (χ1v) is 9.12. The van der Waals surface area contributed by atoms with Crippen molar-refractivity contribution < 1.29 is 4.79 Å². The maximum Gasteiger partial charge on any atom is 0.172 e. The van der Waals surface area contributed by atoms with Crippen LogP contribution >= 0.6 is 0 Å². The second-order valence-corrected chi connectivity index (χ2v) is 8.88. The van der Waals surface area contributed by atoms with Crippen molar-refractivity contribution in [3.05, 3.63) is 11.6 Å². The first-order chi connectivity index (χ1) is 10.5. The van der Waals surface area contributed by atoms with Gasteiger partial charge < -0.3 is 0 Å². The van der Waals surface area contributed by atoms with Crippen molar-refractivity contribution >= 4 is 5.78 Å². The van der Waals surface area contributed by atoms with Crippen LogP contribution in [-0.2, 0) is 4.79 Å². The van der Waals surface area contributed by atoms with Crippen LogP contribution in [0.5, 0.6) is 0 Å². The van der Waals surface area contributed by atoms with E-state index in [1.54, 1.807) is 0 Å². The van der Waals surface area contributed by atoms with Gasteiger partial charge in [-0.2, -0.15) is 5.26 Å². The molecule has 4 rings (SSSR count). The van der Waals surface area contributed by atoms with E-state index in [1.807, 2.05) is 6.08 Å². The molecule has 118 valence electrons. The van der Waals surface area contributed by atoms with Gasteiger partial charge >= 0.3 is 0 Å². The number of hydrogen-bond acceptors (Lipinski definition) is 2. The molecule has 3 unspecified atom stereocenters. The summed E-state index contributed by atoms with van der Waals surface area (Å²) in [6, 6.07) is 2.27. The van der Waals surface area contributed by atoms with Gasteiger partial charge in [0.2, 0.25) is 0 Å². The van der Waals surface area contributed by atoms with E-state index in [0.717, 1.165) is 24.7 Å². The minimum absolute atomic E-state index is 0.0648. The molecule has 2 nitrogen and oxygen atoms in total. The Morgan fingerprint density at radius 2 is 2.00 bits per heavy atom. The average Bonchev–Trinajstić information content (AvgIpc) is 2.89. The van der Waals surface area contributed by atoms with Gasteiger partial charge in [-0.25, -0.2) is 0 Å². The third-order valence-electron chi connectivity index (χ3n) is 7.96. The molecule has 0 saturated heterocycles. The fraction of sp³-hybridized carbons (Fsp3) is 0.800. The number of hydrogen-bond donors (Lipinski definition) is 0. The summed E-state index contributed by atoms with van der Waals surface area (Å²) in [7, 11) is 0. The van der Waals surface area contributed by atoms with Crippen LogP contribution in [0, 0.1) is 45.8 Å². The zero-order valence-corrected chi connectivity index (χ0v) is 13.9. The summed E-state index contributed by atoms with van der Waals surface area (Å²) in [4.78, 5) is 12.1. The molecule has 3 saturated carbocycles. The van der Waals surface area contributed by atoms with E-state index in [-0.39, 0.29) is 11.2 Å². The molecule has 0 N–H and O–H groups in total. The van der Waals surface area contributed by atoms with Gasteiger partial charge in [0.05, 0.1) is 6.07 Å². The van der Waals surface area contributed by atoms with Gasteiger partial charge in [0.1, 0.15) is 5.92 Å². The monoisotopic (exact) mass is 297 g/mol. The fourth-order valence-corrected chi connectivity index (χ4v) is 6.75. The Balaban J connectivity index is 1.71. The molecule has 0 spiro atoms. The lowest BCUT2D eigenvalue weighted by Crippen LogP contribution is -2.50. The SMILES string of the molecule is C[C@@]12CCCC1C1CCC3=CC(=O)[C@H](C#N)C[C@]3(C)C1CC2. The number of rotatable bonds is 0. The van der Waals surface area contributed by atoms with E-state index >= 15 is 0 Å². The number of nitriles is 1. The number of carbonyl (C=O) groups excluding carboxylic acids is 1. The predicted molar refractivity (Wildman–Crippen MR) is 85.8 cm³/mol. The Labute approximate surface area is 134 Å². The fourth-order valence-electron chi connectivity index (χ4n) is 6.75. The molecular weight excluding hydrogens is 270 g/mol. The topological polar surface area (TPSA) is 40.9 Å². The van der Waals surface area contributed by atoms with Gasteiger partial charge in [-0.15, -0.1) is 0 Å². The Kier molecular flexibility index (Phi) is 3.09. The quantitative estimate of drug-likeness (QED) is 0.652. The zero-order chi connectivity index (χ0) is 15.5. The summed E-state index contributed by atoms with van der Waals surface area (Å²) in [5.41, 5.74) is 2.06. The summed E-state index contributed by atoms with van der Waals surface area (Å²) in [6.07, 6.45) is 11.9. The van der Waals surface area contributed by atoms with E-state index in [2.05, 4.69) is 19.9 Å². The van der Waals surface area contributed by atoms with E-state index < -0.39 is 5.92 Å². The molecule has 3 fully saturated rings. The van der Waals surface area contributed by atoms with Crippen LogP contribution in [0.2, 0.25) is 0 Å². The van der Waals surface area contributed by atoms with E-state index in [1.165, 1.54) is 44.1 Å². The van der Waals surface area contributed by atoms with Crippen molar-refractivity contribution in [3.63, 3.8) is 0 Å². The van der Waals surface area contributed by atoms with Crippen molar-refractivity contribution in [2.45, 2.75) is 65.2 Å². The van der Waals surface area contributed by atoms with Crippen molar-refractivity contribution in [2.24, 2.45) is 34.5 Å². The summed E-state index contributed by atoms with van der Waals surface area (Å²) in [6.45, 7) is 4.89. The molecule has 0 aliphatic heterocycles. The van der Waals surface area contributed by atoms with Gasteiger partial charge in [-0.1, -0.05) is 25.8 Å². The lowest BCUT2D eigenvalue weighted by atomic mass is 9.47. The maximum absolute atomic E-state index is 12.1. The molecular formula is C20H27NO. The lowest BCUT2D eigenvalue weighted by Gasteiger charge is -2.57. The average molecular weight is 297 g/mol. The molecule has 22 heavy (non-hydrogen) atoms. The summed E-state index contributed by atoms with van der Waals surface area (Å²) in [5.74, 6) is 2.09. The van der Waals surface area contributed by atoms with Crippen LogP contribution in [0.25, 0.3) is 0 Å². The molecule has 6 atom stereocenters. The smallest absolute Gasteiger partial charge is 0.172 e.